The molecule has 0 bridgehead atoms. The molecule has 2 saturated carbocycles. The van der Waals surface area contributed by atoms with Crippen LogP contribution in [-0.2, 0) is 9.53 Å². The molecule has 4 aliphatic rings. The summed E-state index contributed by atoms with van der Waals surface area (Å²) in [5.41, 5.74) is 7.11. The Morgan fingerprint density at radius 3 is 0.667 bits per heavy atom. The van der Waals surface area contributed by atoms with Gasteiger partial charge in [0.25, 0.3) is 0 Å². The second-order valence-corrected chi connectivity index (χ2v) is 39.6. The number of carbonyl (C=O) groups excluding carboxylic acids is 1. The maximum atomic E-state index is 11.4. The van der Waals surface area contributed by atoms with Crippen LogP contribution in [0.2, 0.25) is 0 Å². The van der Waals surface area contributed by atoms with Crippen LogP contribution in [0.15, 0.2) is 0 Å². The molecule has 1 amide bonds. The van der Waals surface area contributed by atoms with Gasteiger partial charge in [-0.1, -0.05) is 295 Å². The number of ether oxygens (including phenoxy) is 1. The number of amides is 1. The van der Waals surface area contributed by atoms with Crippen LogP contribution in [0.3, 0.4) is 0 Å². The summed E-state index contributed by atoms with van der Waals surface area (Å²) in [5, 5.41) is 0. The summed E-state index contributed by atoms with van der Waals surface area (Å²) in [6, 6.07) is 0. The van der Waals surface area contributed by atoms with Crippen LogP contribution in [0.5, 0.6) is 0 Å². The summed E-state index contributed by atoms with van der Waals surface area (Å²) in [7, 11) is 0. The summed E-state index contributed by atoms with van der Waals surface area (Å²) in [4.78, 5) is 13.4. The van der Waals surface area contributed by atoms with Crippen molar-refractivity contribution in [2.24, 2.45) is 92.1 Å². The molecule has 3 nitrogen and oxygen atoms in total. The molecule has 470 valence electrons. The van der Waals surface area contributed by atoms with E-state index >= 15 is 0 Å². The highest BCUT2D eigenvalue weighted by atomic mass is 16.5. The zero-order valence-electron chi connectivity index (χ0n) is 62.0. The Kier molecular flexibility index (Phi) is 27.7. The van der Waals surface area contributed by atoms with Gasteiger partial charge in [-0.15, -0.1) is 0 Å². The van der Waals surface area contributed by atoms with Gasteiger partial charge in [0, 0.05) is 33.2 Å². The SMILES string of the molecule is CC(=O)N1CCC(C(C)(C)C)(C(C)(C)C)CC1.CC(C)(C)C(C)(C)C(C)(C)C.CC(C)(C)C1(C(C)(C)C)CCCC1.CC(C)(C)C1(C(C)(C)C)CCCCC1.CC(C)(C)C1(C(C)(C)C)CCOCC1.CC(C)(C)CC(C)(C)C. The predicted molar refractivity (Wildman–Crippen MR) is 355 cm³/mol. The molecule has 2 aliphatic heterocycles. The number of piperidine rings is 1. The summed E-state index contributed by atoms with van der Waals surface area (Å²) in [6.07, 6.45) is 18.9. The van der Waals surface area contributed by atoms with Gasteiger partial charge in [0.2, 0.25) is 5.91 Å². The molecule has 0 N–H and O–H groups in total. The van der Waals surface area contributed by atoms with E-state index in [1.165, 1.54) is 77.0 Å². The average molecular weight is 1100 g/mol. The molecule has 78 heavy (non-hydrogen) atoms. The number of nitrogens with zero attached hydrogens (tertiary/aromatic N) is 1. The molecule has 0 unspecified atom stereocenters. The zero-order valence-corrected chi connectivity index (χ0v) is 62.0. The van der Waals surface area contributed by atoms with E-state index in [-0.39, 0.29) is 16.7 Å². The van der Waals surface area contributed by atoms with Crippen LogP contribution in [0, 0.1) is 92.1 Å². The summed E-state index contributed by atoms with van der Waals surface area (Å²) >= 11 is 0. The van der Waals surface area contributed by atoms with Crippen molar-refractivity contribution in [3.63, 3.8) is 0 Å². The first kappa shape index (κ1) is 79.5. The van der Waals surface area contributed by atoms with Gasteiger partial charge in [-0.2, -0.15) is 0 Å². The Labute approximate surface area is 496 Å². The second kappa shape index (κ2) is 27.2. The second-order valence-electron chi connectivity index (χ2n) is 39.6. The smallest absolute Gasteiger partial charge is 0.219 e. The molecular weight excluding hydrogens is 947 g/mol. The quantitative estimate of drug-likeness (QED) is 0.242. The third kappa shape index (κ3) is 21.2. The van der Waals surface area contributed by atoms with Gasteiger partial charge < -0.3 is 9.64 Å². The summed E-state index contributed by atoms with van der Waals surface area (Å²) < 4.78 is 5.52. The fourth-order valence-electron chi connectivity index (χ4n) is 17.3. The fourth-order valence-corrected chi connectivity index (χ4v) is 17.3. The van der Waals surface area contributed by atoms with E-state index in [0.717, 1.165) is 39.1 Å². The van der Waals surface area contributed by atoms with Crippen molar-refractivity contribution in [3.05, 3.63) is 0 Å². The minimum Gasteiger partial charge on any atom is -0.381 e. The lowest BCUT2D eigenvalue weighted by Gasteiger charge is -2.57. The van der Waals surface area contributed by atoms with Crippen LogP contribution in [0.1, 0.15) is 360 Å². The van der Waals surface area contributed by atoms with Gasteiger partial charge in [-0.25, -0.2) is 0 Å². The van der Waals surface area contributed by atoms with Crippen molar-refractivity contribution in [3.8, 4) is 0 Å². The third-order valence-electron chi connectivity index (χ3n) is 22.9. The Morgan fingerprint density at radius 2 is 0.526 bits per heavy atom. The lowest BCUT2D eigenvalue weighted by Crippen LogP contribution is -2.54. The van der Waals surface area contributed by atoms with Gasteiger partial charge in [-0.05, 0) is 150 Å². The van der Waals surface area contributed by atoms with Crippen LogP contribution in [0.25, 0.3) is 0 Å². The van der Waals surface area contributed by atoms with E-state index in [1.807, 2.05) is 4.90 Å². The molecule has 2 heterocycles. The normalized spacial score (nSPS) is 20.8. The van der Waals surface area contributed by atoms with Crippen LogP contribution in [0.4, 0.5) is 0 Å². The molecule has 4 fully saturated rings. The van der Waals surface area contributed by atoms with Crippen LogP contribution < -0.4 is 0 Å². The predicted octanol–water partition coefficient (Wildman–Crippen LogP) is 24.8. The topological polar surface area (TPSA) is 29.5 Å². The first-order valence-electron chi connectivity index (χ1n) is 32.7. The maximum Gasteiger partial charge on any atom is 0.219 e. The van der Waals surface area contributed by atoms with Crippen molar-refractivity contribution < 1.29 is 9.53 Å². The molecule has 3 heteroatoms. The van der Waals surface area contributed by atoms with Gasteiger partial charge >= 0.3 is 0 Å². The van der Waals surface area contributed by atoms with Crippen molar-refractivity contribution in [2.45, 2.75) is 360 Å². The molecule has 0 radical (unpaired) electrons. The van der Waals surface area contributed by atoms with Crippen LogP contribution >= 0.6 is 0 Å². The summed E-state index contributed by atoms with van der Waals surface area (Å²) in [6.45, 7) is 95.2. The van der Waals surface area contributed by atoms with Crippen molar-refractivity contribution >= 4 is 5.91 Å². The lowest BCUT2D eigenvalue weighted by atomic mass is 9.49. The first-order valence-corrected chi connectivity index (χ1v) is 32.7. The third-order valence-corrected chi connectivity index (χ3v) is 22.9. The molecular formula is C75H153NO2. The number of carbonyl (C=O) groups is 1. The molecule has 0 spiro atoms. The van der Waals surface area contributed by atoms with Crippen molar-refractivity contribution in [1.82, 2.24) is 4.90 Å². The zero-order chi connectivity index (χ0) is 63.1. The number of rotatable bonds is 0. The highest BCUT2D eigenvalue weighted by Gasteiger charge is 2.54. The Bertz CT molecular complexity index is 1550. The van der Waals surface area contributed by atoms with E-state index in [2.05, 4.69) is 263 Å². The Balaban J connectivity index is 0. The molecule has 0 aromatic rings. The van der Waals surface area contributed by atoms with E-state index in [4.69, 9.17) is 4.74 Å². The molecule has 0 atom stereocenters. The first-order chi connectivity index (χ1) is 33.8. The number of likely N-dealkylation sites (tertiary alicyclic amines) is 1. The highest BCUT2D eigenvalue weighted by Crippen LogP contribution is 2.62. The highest BCUT2D eigenvalue weighted by molar-refractivity contribution is 5.73. The van der Waals surface area contributed by atoms with Gasteiger partial charge in [-0.3, -0.25) is 4.79 Å². The van der Waals surface area contributed by atoms with E-state index in [1.54, 1.807) is 6.92 Å². The molecule has 2 aliphatic carbocycles. The number of hydrogen-bond donors (Lipinski definition) is 0. The van der Waals surface area contributed by atoms with E-state index in [9.17, 15) is 4.79 Å². The minimum absolute atomic E-state index is 0.224. The van der Waals surface area contributed by atoms with Crippen molar-refractivity contribution in [2.75, 3.05) is 26.3 Å². The standard InChI is InChI=1S/C15H29NO.C14H28.C13H26O.C13H26.C11H24.C9H20/c1-12(17)16-10-8-15(9-11-16,13(2,3)4)14(5,6)7;1-12(2,3)14(13(4,5)6)10-8-7-9-11-14;1-11(2,3)13(12(4,5)6)7-9-14-10-8-13;1-11(2,3)13(12(4,5)6)9-7-8-10-13;1-9(2,3)11(7,8)10(4,5)6;1-8(2,3)7-9(4,5)6/h8-11H2,1-7H3;7-11H2,1-6H3;7-10H2,1-6H3;7-10H2,1-6H3;1-8H3;7H2,1-6H3. The molecule has 0 aromatic heterocycles. The summed E-state index contributed by atoms with van der Waals surface area (Å²) in [5.74, 6) is 0.224. The molecule has 4 rings (SSSR count). The number of hydrogen-bond acceptors (Lipinski definition) is 2. The van der Waals surface area contributed by atoms with Crippen LogP contribution in [-0.4, -0.2) is 37.1 Å². The Hall–Kier alpha value is -0.570. The maximum absolute atomic E-state index is 11.4. The van der Waals surface area contributed by atoms with Gasteiger partial charge in [0.1, 0.15) is 0 Å². The fraction of sp³-hybridized carbons (Fsp3) is 0.987. The van der Waals surface area contributed by atoms with Crippen molar-refractivity contribution in [1.29, 1.82) is 0 Å². The Morgan fingerprint density at radius 1 is 0.321 bits per heavy atom. The average Bonchev–Trinajstić information content (AvgIpc) is 3.72. The van der Waals surface area contributed by atoms with E-state index < -0.39 is 0 Å². The lowest BCUT2D eigenvalue weighted by molar-refractivity contribution is -0.137. The van der Waals surface area contributed by atoms with E-state index in [0.29, 0.717) is 81.2 Å². The minimum atomic E-state index is 0.224. The van der Waals surface area contributed by atoms with Gasteiger partial charge in [0.15, 0.2) is 0 Å². The monoisotopic (exact) mass is 1100 g/mol. The molecule has 0 aromatic carbocycles. The largest absolute Gasteiger partial charge is 0.381 e. The molecule has 2 saturated heterocycles. The van der Waals surface area contributed by atoms with Gasteiger partial charge in [0.05, 0.1) is 0 Å².